The van der Waals surface area contributed by atoms with Crippen molar-refractivity contribution >= 4 is 45.2 Å². The molecule has 2 aliphatic rings. The number of rotatable bonds is 10. The molecule has 12 rings (SSSR count). The number of nitrogens with one attached hydrogen (secondary N) is 2. The number of benzene rings is 2. The first-order chi connectivity index (χ1) is 35.6. The predicted octanol–water partition coefficient (Wildman–Crippen LogP) is 10.1. The number of carbonyl (C=O) groups excluding carboxylic acids is 1. The number of hydrogen-bond acceptors (Lipinski definition) is 11. The molecule has 1 saturated heterocycles. The summed E-state index contributed by atoms with van der Waals surface area (Å²) in [4.78, 5) is 49.2. The van der Waals surface area contributed by atoms with Gasteiger partial charge in [0.1, 0.15) is 29.6 Å². The number of H-pyrrole nitrogens is 2. The van der Waals surface area contributed by atoms with Gasteiger partial charge in [-0.05, 0) is 56.9 Å². The molecule has 1 aliphatic heterocycles. The van der Waals surface area contributed by atoms with E-state index in [0.717, 1.165) is 85.3 Å². The van der Waals surface area contributed by atoms with Gasteiger partial charge in [0, 0.05) is 84.1 Å². The van der Waals surface area contributed by atoms with Gasteiger partial charge < -0.3 is 34.6 Å². The summed E-state index contributed by atoms with van der Waals surface area (Å²) in [6.45, 7) is 5.87. The fourth-order valence-electron chi connectivity index (χ4n) is 9.17. The van der Waals surface area contributed by atoms with Crippen molar-refractivity contribution in [1.29, 1.82) is 0 Å². The maximum absolute atomic E-state index is 12.1. The van der Waals surface area contributed by atoms with Crippen LogP contribution >= 0.6 is 0 Å². The van der Waals surface area contributed by atoms with Crippen LogP contribution in [0.3, 0.4) is 0 Å². The third-order valence-corrected chi connectivity index (χ3v) is 13.2. The molecule has 372 valence electrons. The maximum atomic E-state index is 12.1. The van der Waals surface area contributed by atoms with Crippen LogP contribution in [-0.2, 0) is 9.59 Å². The van der Waals surface area contributed by atoms with E-state index < -0.39 is 12.1 Å². The van der Waals surface area contributed by atoms with Crippen molar-refractivity contribution in [2.75, 3.05) is 13.1 Å². The number of aromatic nitrogens is 10. The Kier molecular flexibility index (Phi) is 14.2. The third kappa shape index (κ3) is 10.5. The Balaban J connectivity index is 0.000000152. The summed E-state index contributed by atoms with van der Waals surface area (Å²) in [5, 5.41) is 28.6. The molecule has 9 heterocycles. The fraction of sp³-hybridized carbons (Fsp3) is 0.286. The highest BCUT2D eigenvalue weighted by atomic mass is 16.5. The first kappa shape index (κ1) is 48.2. The van der Waals surface area contributed by atoms with E-state index in [0.29, 0.717) is 43.3 Å². The van der Waals surface area contributed by atoms with E-state index >= 15 is 0 Å². The normalized spacial score (nSPS) is 14.7. The number of piperidine rings is 1. The molecular formula is C56H57N11O6. The first-order valence-electron chi connectivity index (χ1n) is 24.9. The molecule has 0 radical (unpaired) electrons. The number of pyridine rings is 2. The van der Waals surface area contributed by atoms with Crippen molar-refractivity contribution in [3.8, 4) is 56.5 Å². The van der Waals surface area contributed by atoms with Gasteiger partial charge in [0.05, 0.1) is 40.5 Å². The second-order valence-corrected chi connectivity index (χ2v) is 18.7. The van der Waals surface area contributed by atoms with E-state index in [4.69, 9.17) is 24.5 Å². The number of ether oxygens (including phenoxy) is 2. The number of likely N-dealkylation sites (tertiary alicyclic amines) is 1. The molecule has 1 atom stereocenters. The van der Waals surface area contributed by atoms with Crippen LogP contribution in [0.25, 0.3) is 78.1 Å². The number of fused-ring (bicyclic) bond motifs is 6. The number of nitrogens with zero attached hydrogens (tertiary/aromatic N) is 9. The highest BCUT2D eigenvalue weighted by molar-refractivity contribution is 5.89. The SMILES string of the molecule is CC(C)C(=O)O.C[C@@H](O)C(=O)N1CCC(Oc2nc3c(-c4ccc(-c5ccccc5)nc4)cnn3c3[nH]ccc23)CC1.c1ccc(-c2ccc(-c3cnn4c3nc(OC3CCCCC3)c3cc[nH]c34)cn2)cc1. The van der Waals surface area contributed by atoms with Crippen LogP contribution in [0.2, 0.25) is 0 Å². The molecule has 8 aromatic heterocycles. The number of hydrogen-bond donors (Lipinski definition) is 4. The smallest absolute Gasteiger partial charge is 0.305 e. The Bertz CT molecular complexity index is 3460. The molecule has 1 saturated carbocycles. The number of aliphatic hydroxyl groups is 1. The van der Waals surface area contributed by atoms with Gasteiger partial charge in [-0.1, -0.05) is 93.1 Å². The zero-order valence-electron chi connectivity index (χ0n) is 40.9. The molecule has 2 aromatic carbocycles. The zero-order valence-corrected chi connectivity index (χ0v) is 40.9. The van der Waals surface area contributed by atoms with Crippen molar-refractivity contribution in [3.05, 3.63) is 134 Å². The number of carboxylic acids is 1. The van der Waals surface area contributed by atoms with Gasteiger partial charge >= 0.3 is 5.97 Å². The quantitative estimate of drug-likeness (QED) is 0.101. The van der Waals surface area contributed by atoms with E-state index in [1.54, 1.807) is 29.5 Å². The minimum absolute atomic E-state index is 0.0747. The van der Waals surface area contributed by atoms with Crippen molar-refractivity contribution < 1.29 is 29.3 Å². The van der Waals surface area contributed by atoms with Crippen molar-refractivity contribution in [1.82, 2.24) is 54.0 Å². The second-order valence-electron chi connectivity index (χ2n) is 18.7. The number of carbonyl (C=O) groups is 2. The van der Waals surface area contributed by atoms with Crippen LogP contribution in [-0.4, -0.2) is 108 Å². The Labute approximate surface area is 420 Å². The monoisotopic (exact) mass is 979 g/mol. The number of aliphatic carboxylic acids is 1. The van der Waals surface area contributed by atoms with E-state index in [-0.39, 0.29) is 24.0 Å². The van der Waals surface area contributed by atoms with Gasteiger partial charge in [-0.2, -0.15) is 29.2 Å². The van der Waals surface area contributed by atoms with Crippen molar-refractivity contribution in [3.63, 3.8) is 0 Å². The van der Waals surface area contributed by atoms with E-state index in [9.17, 15) is 14.7 Å². The fourth-order valence-corrected chi connectivity index (χ4v) is 9.17. The minimum Gasteiger partial charge on any atom is -0.481 e. The number of amides is 1. The van der Waals surface area contributed by atoms with Crippen LogP contribution < -0.4 is 9.47 Å². The molecule has 0 bridgehead atoms. The summed E-state index contributed by atoms with van der Waals surface area (Å²) in [5.41, 5.74) is 10.9. The second kappa shape index (κ2) is 21.5. The molecule has 0 spiro atoms. The summed E-state index contributed by atoms with van der Waals surface area (Å²) in [6.07, 6.45) is 17.6. The summed E-state index contributed by atoms with van der Waals surface area (Å²) in [7, 11) is 0. The highest BCUT2D eigenvalue weighted by Gasteiger charge is 2.28. The number of carboxylic acid groups (broad SMARTS) is 1. The molecule has 1 amide bonds. The molecule has 1 aliphatic carbocycles. The Morgan fingerprint density at radius 3 is 1.45 bits per heavy atom. The standard InChI is InChI=1S/C27H26N6O3.C25H23N5O.C4H8O2/c1-17(34)27(35)32-13-10-20(11-14-32)36-26-21-9-12-28-24(21)33-25(31-26)22(16-30-33)19-7-8-23(29-15-19)18-5-3-2-4-6-18;1-3-7-17(8-4-1)22-12-11-18(15-27-22)21-16-28-30-23-20(13-14-26-23)25(29-24(21)30)31-19-9-5-2-6-10-19;1-3(2)4(5)6/h2-9,12,15-17,20,28,34H,10-11,13-14H2,1H3;1,3-4,7-8,11-16,19,26H,2,5-6,9-10H2;3H,1-2H3,(H,5,6)/t17-;;/m1../s1. The lowest BCUT2D eigenvalue weighted by Gasteiger charge is -2.32. The molecule has 10 aromatic rings. The summed E-state index contributed by atoms with van der Waals surface area (Å²) in [5.74, 6) is 0.0118. The zero-order chi connectivity index (χ0) is 50.4. The average molecular weight is 980 g/mol. The van der Waals surface area contributed by atoms with Gasteiger partial charge in [0.15, 0.2) is 11.3 Å². The van der Waals surface area contributed by atoms with Gasteiger partial charge in [0.25, 0.3) is 5.91 Å². The van der Waals surface area contributed by atoms with E-state index in [1.165, 1.54) is 26.2 Å². The molecule has 2 fully saturated rings. The number of aromatic amines is 2. The van der Waals surface area contributed by atoms with Crippen LogP contribution in [0.1, 0.15) is 65.7 Å². The Hall–Kier alpha value is -8.44. The summed E-state index contributed by atoms with van der Waals surface area (Å²) in [6, 6.07) is 32.3. The molecular weight excluding hydrogens is 923 g/mol. The average Bonchev–Trinajstić information content (AvgIpc) is 4.28. The molecule has 17 heteroatoms. The highest BCUT2D eigenvalue weighted by Crippen LogP contribution is 2.34. The summed E-state index contributed by atoms with van der Waals surface area (Å²) < 4.78 is 16.4. The number of aliphatic hydroxyl groups excluding tert-OH is 1. The van der Waals surface area contributed by atoms with Gasteiger partial charge in [-0.15, -0.1) is 0 Å². The van der Waals surface area contributed by atoms with Gasteiger partial charge in [-0.3, -0.25) is 19.6 Å². The summed E-state index contributed by atoms with van der Waals surface area (Å²) >= 11 is 0. The van der Waals surface area contributed by atoms with E-state index in [2.05, 4.69) is 48.3 Å². The van der Waals surface area contributed by atoms with Crippen LogP contribution in [0, 0.1) is 5.92 Å². The van der Waals surface area contributed by atoms with Crippen LogP contribution in [0.15, 0.2) is 134 Å². The lowest BCUT2D eigenvalue weighted by Crippen LogP contribution is -2.45. The van der Waals surface area contributed by atoms with E-state index in [1.807, 2.05) is 114 Å². The van der Waals surface area contributed by atoms with Gasteiger partial charge in [0.2, 0.25) is 11.8 Å². The Morgan fingerprint density at radius 2 is 1.04 bits per heavy atom. The van der Waals surface area contributed by atoms with Crippen LogP contribution in [0.4, 0.5) is 0 Å². The first-order valence-corrected chi connectivity index (χ1v) is 24.9. The molecule has 4 N–H and O–H groups in total. The molecule has 17 nitrogen and oxygen atoms in total. The third-order valence-electron chi connectivity index (χ3n) is 13.2. The van der Waals surface area contributed by atoms with Crippen molar-refractivity contribution in [2.24, 2.45) is 5.92 Å². The lowest BCUT2D eigenvalue weighted by atomic mass is 9.98. The maximum Gasteiger partial charge on any atom is 0.305 e. The minimum atomic E-state index is -0.984. The molecule has 73 heavy (non-hydrogen) atoms. The predicted molar refractivity (Wildman–Crippen MR) is 279 cm³/mol. The Morgan fingerprint density at radius 1 is 0.589 bits per heavy atom. The topological polar surface area (TPSA) is 214 Å². The lowest BCUT2D eigenvalue weighted by molar-refractivity contribution is -0.141. The van der Waals surface area contributed by atoms with Crippen LogP contribution in [0.5, 0.6) is 11.8 Å². The van der Waals surface area contributed by atoms with Gasteiger partial charge in [-0.25, -0.2) is 0 Å². The molecule has 0 unspecified atom stereocenters. The van der Waals surface area contributed by atoms with Crippen molar-refractivity contribution in [2.45, 2.75) is 84.0 Å². The largest absolute Gasteiger partial charge is 0.481 e.